The van der Waals surface area contributed by atoms with E-state index in [1.807, 2.05) is 23.1 Å². The molecular weight excluding hydrogens is 303 g/mol. The first kappa shape index (κ1) is 16.7. The highest BCUT2D eigenvalue weighted by Crippen LogP contribution is 2.27. The van der Waals surface area contributed by atoms with Gasteiger partial charge < -0.3 is 4.90 Å². The zero-order valence-electron chi connectivity index (χ0n) is 14.2. The number of hydrogen-bond acceptors (Lipinski definition) is 2. The van der Waals surface area contributed by atoms with E-state index >= 15 is 0 Å². The van der Waals surface area contributed by atoms with E-state index in [9.17, 15) is 9.18 Å². The smallest absolute Gasteiger partial charge is 0.254 e. The maximum Gasteiger partial charge on any atom is 0.254 e. The van der Waals surface area contributed by atoms with Gasteiger partial charge >= 0.3 is 0 Å². The predicted octanol–water partition coefficient (Wildman–Crippen LogP) is 3.66. The van der Waals surface area contributed by atoms with E-state index in [4.69, 9.17) is 0 Å². The Morgan fingerprint density at radius 3 is 2.46 bits per heavy atom. The summed E-state index contributed by atoms with van der Waals surface area (Å²) in [5, 5.41) is 0. The zero-order chi connectivity index (χ0) is 17.1. The Balaban J connectivity index is 1.93. The van der Waals surface area contributed by atoms with Gasteiger partial charge in [-0.2, -0.15) is 0 Å². The molecule has 0 saturated carbocycles. The van der Waals surface area contributed by atoms with Gasteiger partial charge in [0.25, 0.3) is 5.91 Å². The standard InChI is InChI=1S/C20H23FN2O/c1-3-15-14-23(13-12-22(15)2)20(24)18-10-5-4-8-16(18)17-9-6-7-11-19(17)21/h4-11,15H,3,12-14H2,1-2H3/t15-/m1/s1. The van der Waals surface area contributed by atoms with Gasteiger partial charge in [-0.1, -0.05) is 43.3 Å². The molecule has 1 saturated heterocycles. The molecule has 2 aromatic rings. The highest BCUT2D eigenvalue weighted by molar-refractivity contribution is 6.01. The molecule has 4 heteroatoms. The Labute approximate surface area is 142 Å². The SMILES string of the molecule is CC[C@@H]1CN(C(=O)c2ccccc2-c2ccccc2F)CCN1C. The highest BCUT2D eigenvalue weighted by Gasteiger charge is 2.28. The zero-order valence-corrected chi connectivity index (χ0v) is 14.2. The van der Waals surface area contributed by atoms with Crippen molar-refractivity contribution in [1.82, 2.24) is 9.80 Å². The lowest BCUT2D eigenvalue weighted by atomic mass is 9.97. The van der Waals surface area contributed by atoms with Gasteiger partial charge in [0.1, 0.15) is 5.82 Å². The molecule has 3 rings (SSSR count). The lowest BCUT2D eigenvalue weighted by molar-refractivity contribution is 0.0542. The number of nitrogens with zero attached hydrogens (tertiary/aromatic N) is 2. The van der Waals surface area contributed by atoms with Crippen molar-refractivity contribution in [2.75, 3.05) is 26.7 Å². The van der Waals surface area contributed by atoms with E-state index < -0.39 is 0 Å². The maximum atomic E-state index is 14.2. The van der Waals surface area contributed by atoms with Crippen molar-refractivity contribution in [2.24, 2.45) is 0 Å². The molecule has 0 radical (unpaired) electrons. The second-order valence-corrected chi connectivity index (χ2v) is 6.32. The molecule has 1 heterocycles. The summed E-state index contributed by atoms with van der Waals surface area (Å²) in [5.41, 5.74) is 1.71. The number of likely N-dealkylation sites (N-methyl/N-ethyl adjacent to an activating group) is 1. The van der Waals surface area contributed by atoms with Gasteiger partial charge in [0.15, 0.2) is 0 Å². The van der Waals surface area contributed by atoms with E-state index in [-0.39, 0.29) is 11.7 Å². The monoisotopic (exact) mass is 326 g/mol. The fourth-order valence-electron chi connectivity index (χ4n) is 3.33. The minimum atomic E-state index is -0.303. The van der Waals surface area contributed by atoms with Crippen LogP contribution in [-0.4, -0.2) is 48.4 Å². The van der Waals surface area contributed by atoms with E-state index in [2.05, 4.69) is 18.9 Å². The van der Waals surface area contributed by atoms with Crippen LogP contribution < -0.4 is 0 Å². The normalized spacial score (nSPS) is 18.6. The van der Waals surface area contributed by atoms with Crippen molar-refractivity contribution in [2.45, 2.75) is 19.4 Å². The Morgan fingerprint density at radius 1 is 1.08 bits per heavy atom. The molecule has 1 fully saturated rings. The summed E-state index contributed by atoms with van der Waals surface area (Å²) in [5.74, 6) is -0.317. The molecule has 24 heavy (non-hydrogen) atoms. The molecule has 1 atom stereocenters. The Hall–Kier alpha value is -2.20. The molecule has 0 aliphatic carbocycles. The van der Waals surface area contributed by atoms with Crippen molar-refractivity contribution in [1.29, 1.82) is 0 Å². The number of hydrogen-bond donors (Lipinski definition) is 0. The average molecular weight is 326 g/mol. The van der Waals surface area contributed by atoms with Crippen LogP contribution in [0.1, 0.15) is 23.7 Å². The first-order chi connectivity index (χ1) is 11.6. The van der Waals surface area contributed by atoms with Crippen molar-refractivity contribution in [3.63, 3.8) is 0 Å². The minimum absolute atomic E-state index is 0.0135. The summed E-state index contributed by atoms with van der Waals surface area (Å²) < 4.78 is 14.2. The summed E-state index contributed by atoms with van der Waals surface area (Å²) >= 11 is 0. The van der Waals surface area contributed by atoms with Gasteiger partial charge in [0, 0.05) is 36.8 Å². The molecule has 1 aliphatic rings. The minimum Gasteiger partial charge on any atom is -0.336 e. The Kier molecular flexibility index (Phi) is 4.95. The quantitative estimate of drug-likeness (QED) is 0.859. The fraction of sp³-hybridized carbons (Fsp3) is 0.350. The molecule has 0 bridgehead atoms. The van der Waals surface area contributed by atoms with Crippen molar-refractivity contribution in [3.05, 3.63) is 59.9 Å². The predicted molar refractivity (Wildman–Crippen MR) is 94.4 cm³/mol. The number of benzene rings is 2. The van der Waals surface area contributed by atoms with Gasteiger partial charge in [-0.25, -0.2) is 4.39 Å². The topological polar surface area (TPSA) is 23.6 Å². The van der Waals surface area contributed by atoms with Gasteiger partial charge in [-0.05, 0) is 31.2 Å². The molecule has 1 amide bonds. The van der Waals surface area contributed by atoms with Crippen LogP contribution in [0.2, 0.25) is 0 Å². The number of rotatable bonds is 3. The Morgan fingerprint density at radius 2 is 1.75 bits per heavy atom. The van der Waals surface area contributed by atoms with Crippen molar-refractivity contribution in [3.8, 4) is 11.1 Å². The van der Waals surface area contributed by atoms with E-state index in [1.54, 1.807) is 24.3 Å². The van der Waals surface area contributed by atoms with Crippen LogP contribution in [0, 0.1) is 5.82 Å². The van der Waals surface area contributed by atoms with Crippen LogP contribution >= 0.6 is 0 Å². The van der Waals surface area contributed by atoms with Gasteiger partial charge in [0.2, 0.25) is 0 Å². The average Bonchev–Trinajstić information content (AvgIpc) is 2.62. The number of carbonyl (C=O) groups is 1. The van der Waals surface area contributed by atoms with Gasteiger partial charge in [-0.15, -0.1) is 0 Å². The molecule has 0 unspecified atom stereocenters. The molecule has 1 aliphatic heterocycles. The van der Waals surface area contributed by atoms with E-state index in [0.717, 1.165) is 19.5 Å². The van der Waals surface area contributed by atoms with E-state index in [1.165, 1.54) is 6.07 Å². The van der Waals surface area contributed by atoms with Crippen LogP contribution in [0.5, 0.6) is 0 Å². The van der Waals surface area contributed by atoms with Gasteiger partial charge in [-0.3, -0.25) is 9.69 Å². The third kappa shape index (κ3) is 3.20. The molecule has 2 aromatic carbocycles. The molecular formula is C20H23FN2O. The second kappa shape index (κ2) is 7.14. The lowest BCUT2D eigenvalue weighted by Crippen LogP contribution is -2.53. The third-order valence-corrected chi connectivity index (χ3v) is 4.86. The molecule has 0 spiro atoms. The second-order valence-electron chi connectivity index (χ2n) is 6.32. The van der Waals surface area contributed by atoms with Crippen LogP contribution in [0.15, 0.2) is 48.5 Å². The third-order valence-electron chi connectivity index (χ3n) is 4.86. The highest BCUT2D eigenvalue weighted by atomic mass is 19.1. The first-order valence-corrected chi connectivity index (χ1v) is 8.45. The summed E-state index contributed by atoms with van der Waals surface area (Å²) in [6.07, 6.45) is 1.01. The number of halogens is 1. The van der Waals surface area contributed by atoms with E-state index in [0.29, 0.717) is 29.3 Å². The molecule has 0 N–H and O–H groups in total. The van der Waals surface area contributed by atoms with Gasteiger partial charge in [0.05, 0.1) is 0 Å². The van der Waals surface area contributed by atoms with Crippen LogP contribution in [-0.2, 0) is 0 Å². The molecule has 126 valence electrons. The summed E-state index contributed by atoms with van der Waals surface area (Å²) in [4.78, 5) is 17.3. The summed E-state index contributed by atoms with van der Waals surface area (Å²) in [6, 6.07) is 14.3. The molecule has 3 nitrogen and oxygen atoms in total. The maximum absolute atomic E-state index is 14.2. The number of carbonyl (C=O) groups excluding carboxylic acids is 1. The molecule has 0 aromatic heterocycles. The lowest BCUT2D eigenvalue weighted by Gasteiger charge is -2.39. The summed E-state index contributed by atoms with van der Waals surface area (Å²) in [7, 11) is 2.10. The number of amides is 1. The summed E-state index contributed by atoms with van der Waals surface area (Å²) in [6.45, 7) is 4.43. The Bertz CT molecular complexity index is 731. The van der Waals surface area contributed by atoms with Crippen LogP contribution in [0.3, 0.4) is 0 Å². The largest absolute Gasteiger partial charge is 0.336 e. The van der Waals surface area contributed by atoms with Crippen molar-refractivity contribution < 1.29 is 9.18 Å². The first-order valence-electron chi connectivity index (χ1n) is 8.45. The van der Waals surface area contributed by atoms with Crippen LogP contribution in [0.4, 0.5) is 4.39 Å². The van der Waals surface area contributed by atoms with Crippen LogP contribution in [0.25, 0.3) is 11.1 Å². The fourth-order valence-corrected chi connectivity index (χ4v) is 3.33. The number of piperazine rings is 1. The van der Waals surface area contributed by atoms with Crippen molar-refractivity contribution >= 4 is 5.91 Å².